The van der Waals surface area contributed by atoms with Crippen molar-refractivity contribution in [2.24, 2.45) is 5.92 Å². The van der Waals surface area contributed by atoms with Crippen molar-refractivity contribution in [3.8, 4) is 0 Å². The van der Waals surface area contributed by atoms with Crippen LogP contribution < -0.4 is 5.32 Å². The van der Waals surface area contributed by atoms with Gasteiger partial charge < -0.3 is 10.1 Å². The Bertz CT molecular complexity index is 163. The first-order valence-electron chi connectivity index (χ1n) is 4.21. The third-order valence-electron chi connectivity index (χ3n) is 2.11. The quantitative estimate of drug-likeness (QED) is 0.670. The van der Waals surface area contributed by atoms with Gasteiger partial charge in [0.1, 0.15) is 0 Å². The van der Waals surface area contributed by atoms with Gasteiger partial charge in [-0.1, -0.05) is 0 Å². The van der Waals surface area contributed by atoms with Crippen LogP contribution in [0.2, 0.25) is 0 Å². The highest BCUT2D eigenvalue weighted by molar-refractivity contribution is 6.18. The molecule has 1 N–H and O–H groups in total. The van der Waals surface area contributed by atoms with Crippen molar-refractivity contribution in [3.63, 3.8) is 0 Å². The molecule has 4 heteroatoms. The molecule has 0 spiro atoms. The van der Waals surface area contributed by atoms with E-state index < -0.39 is 0 Å². The maximum atomic E-state index is 11.4. The standard InChI is InChI=1S/C8H14ClNO2/c1-6-7(2-5-12-6)8(11)10-4-3-9/h6-7H,2-5H2,1H3,(H,10,11). The molecule has 70 valence electrons. The largest absolute Gasteiger partial charge is 0.378 e. The Labute approximate surface area is 77.4 Å². The van der Waals surface area contributed by atoms with Crippen molar-refractivity contribution in [1.82, 2.24) is 5.32 Å². The van der Waals surface area contributed by atoms with Crippen molar-refractivity contribution in [3.05, 3.63) is 0 Å². The number of alkyl halides is 1. The van der Waals surface area contributed by atoms with Gasteiger partial charge in [-0.25, -0.2) is 0 Å². The normalized spacial score (nSPS) is 28.8. The molecule has 0 bridgehead atoms. The Morgan fingerprint density at radius 1 is 1.75 bits per heavy atom. The Kier molecular flexibility index (Phi) is 3.82. The Hall–Kier alpha value is -0.280. The molecular weight excluding hydrogens is 178 g/mol. The minimum atomic E-state index is 0.0215. The average Bonchev–Trinajstić information content (AvgIpc) is 2.47. The van der Waals surface area contributed by atoms with Gasteiger partial charge in [0.15, 0.2) is 0 Å². The fourth-order valence-corrected chi connectivity index (χ4v) is 1.47. The molecule has 0 aromatic carbocycles. The van der Waals surface area contributed by atoms with Crippen LogP contribution in [-0.4, -0.2) is 31.0 Å². The van der Waals surface area contributed by atoms with Crippen LogP contribution in [0.1, 0.15) is 13.3 Å². The number of amides is 1. The second kappa shape index (κ2) is 4.67. The number of ether oxygens (including phenoxy) is 1. The van der Waals surface area contributed by atoms with Crippen LogP contribution >= 0.6 is 11.6 Å². The summed E-state index contributed by atoms with van der Waals surface area (Å²) in [5.41, 5.74) is 0. The Balaban J connectivity index is 2.30. The van der Waals surface area contributed by atoms with E-state index in [1.54, 1.807) is 0 Å². The first-order chi connectivity index (χ1) is 5.75. The number of carbonyl (C=O) groups excluding carboxylic acids is 1. The van der Waals surface area contributed by atoms with Gasteiger partial charge in [-0.15, -0.1) is 11.6 Å². The summed E-state index contributed by atoms with van der Waals surface area (Å²) >= 11 is 5.44. The van der Waals surface area contributed by atoms with Gasteiger partial charge in [0.2, 0.25) is 5.91 Å². The summed E-state index contributed by atoms with van der Waals surface area (Å²) in [6.07, 6.45) is 0.885. The lowest BCUT2D eigenvalue weighted by Crippen LogP contribution is -2.35. The second-order valence-electron chi connectivity index (χ2n) is 2.95. The fraction of sp³-hybridized carbons (Fsp3) is 0.875. The van der Waals surface area contributed by atoms with Gasteiger partial charge in [-0.2, -0.15) is 0 Å². The summed E-state index contributed by atoms with van der Waals surface area (Å²) in [4.78, 5) is 11.4. The molecule has 1 fully saturated rings. The summed E-state index contributed by atoms with van der Waals surface area (Å²) in [6.45, 7) is 3.17. The molecule has 1 amide bonds. The molecule has 1 aliphatic rings. The van der Waals surface area contributed by atoms with Crippen LogP contribution in [0.4, 0.5) is 0 Å². The van der Waals surface area contributed by atoms with Gasteiger partial charge in [0.05, 0.1) is 12.0 Å². The van der Waals surface area contributed by atoms with Gasteiger partial charge in [0, 0.05) is 19.0 Å². The summed E-state index contributed by atoms with van der Waals surface area (Å²) in [5.74, 6) is 0.558. The number of carbonyl (C=O) groups is 1. The first-order valence-corrected chi connectivity index (χ1v) is 4.74. The molecule has 12 heavy (non-hydrogen) atoms. The van der Waals surface area contributed by atoms with Gasteiger partial charge in [-0.3, -0.25) is 4.79 Å². The van der Waals surface area contributed by atoms with Crippen molar-refractivity contribution >= 4 is 17.5 Å². The van der Waals surface area contributed by atoms with Crippen LogP contribution in [-0.2, 0) is 9.53 Å². The molecule has 2 atom stereocenters. The van der Waals surface area contributed by atoms with Crippen molar-refractivity contribution < 1.29 is 9.53 Å². The third-order valence-corrected chi connectivity index (χ3v) is 2.30. The molecule has 0 radical (unpaired) electrons. The first kappa shape index (κ1) is 9.81. The van der Waals surface area contributed by atoms with Gasteiger partial charge >= 0.3 is 0 Å². The summed E-state index contributed by atoms with van der Waals surface area (Å²) < 4.78 is 5.27. The lowest BCUT2D eigenvalue weighted by atomic mass is 10.0. The number of hydrogen-bond donors (Lipinski definition) is 1. The third kappa shape index (κ3) is 2.35. The van der Waals surface area contributed by atoms with Gasteiger partial charge in [0.25, 0.3) is 0 Å². The molecule has 0 aliphatic carbocycles. The molecule has 1 heterocycles. The van der Waals surface area contributed by atoms with E-state index in [1.165, 1.54) is 0 Å². The predicted molar refractivity (Wildman–Crippen MR) is 47.3 cm³/mol. The Morgan fingerprint density at radius 2 is 2.50 bits per heavy atom. The molecule has 0 aromatic rings. The molecule has 0 aromatic heterocycles. The minimum absolute atomic E-state index is 0.0215. The molecular formula is C8H14ClNO2. The molecule has 0 saturated carbocycles. The average molecular weight is 192 g/mol. The number of rotatable bonds is 3. The minimum Gasteiger partial charge on any atom is -0.378 e. The molecule has 1 aliphatic heterocycles. The van der Waals surface area contributed by atoms with Gasteiger partial charge in [-0.05, 0) is 13.3 Å². The Morgan fingerprint density at radius 3 is 3.00 bits per heavy atom. The summed E-state index contributed by atoms with van der Waals surface area (Å²) in [7, 11) is 0. The number of nitrogens with one attached hydrogen (secondary N) is 1. The smallest absolute Gasteiger partial charge is 0.225 e. The van der Waals surface area contributed by atoms with E-state index in [0.29, 0.717) is 19.0 Å². The van der Waals surface area contributed by atoms with Crippen molar-refractivity contribution in [2.45, 2.75) is 19.4 Å². The van der Waals surface area contributed by atoms with E-state index in [4.69, 9.17) is 16.3 Å². The zero-order chi connectivity index (χ0) is 8.97. The van der Waals surface area contributed by atoms with E-state index in [0.717, 1.165) is 6.42 Å². The monoisotopic (exact) mass is 191 g/mol. The molecule has 1 saturated heterocycles. The maximum Gasteiger partial charge on any atom is 0.225 e. The zero-order valence-corrected chi connectivity index (χ0v) is 7.93. The van der Waals surface area contributed by atoms with Crippen LogP contribution in [0.25, 0.3) is 0 Å². The van der Waals surface area contributed by atoms with E-state index in [1.807, 2.05) is 6.92 Å². The van der Waals surface area contributed by atoms with Crippen molar-refractivity contribution in [1.29, 1.82) is 0 Å². The maximum absolute atomic E-state index is 11.4. The van der Waals surface area contributed by atoms with E-state index in [2.05, 4.69) is 5.32 Å². The lowest BCUT2D eigenvalue weighted by molar-refractivity contribution is -0.126. The molecule has 3 nitrogen and oxygen atoms in total. The lowest BCUT2D eigenvalue weighted by Gasteiger charge is -2.12. The predicted octanol–water partition coefficient (Wildman–Crippen LogP) is 0.766. The fourth-order valence-electron chi connectivity index (χ4n) is 1.38. The number of halogens is 1. The zero-order valence-electron chi connectivity index (χ0n) is 7.18. The SMILES string of the molecule is CC1OCCC1C(=O)NCCCl. The molecule has 1 rings (SSSR count). The van der Waals surface area contributed by atoms with Crippen LogP contribution in [0.15, 0.2) is 0 Å². The summed E-state index contributed by atoms with van der Waals surface area (Å²) in [5, 5.41) is 2.75. The van der Waals surface area contributed by atoms with E-state index in [9.17, 15) is 4.79 Å². The van der Waals surface area contributed by atoms with E-state index >= 15 is 0 Å². The second-order valence-corrected chi connectivity index (χ2v) is 3.33. The summed E-state index contributed by atoms with van der Waals surface area (Å²) in [6, 6.07) is 0. The molecule has 2 unspecified atom stereocenters. The highest BCUT2D eigenvalue weighted by Crippen LogP contribution is 2.20. The number of hydrogen-bond acceptors (Lipinski definition) is 2. The van der Waals surface area contributed by atoms with Crippen LogP contribution in [0.5, 0.6) is 0 Å². The topological polar surface area (TPSA) is 38.3 Å². The highest BCUT2D eigenvalue weighted by Gasteiger charge is 2.30. The van der Waals surface area contributed by atoms with Crippen molar-refractivity contribution in [2.75, 3.05) is 19.0 Å². The van der Waals surface area contributed by atoms with Crippen LogP contribution in [0.3, 0.4) is 0 Å². The van der Waals surface area contributed by atoms with Crippen LogP contribution in [0, 0.1) is 5.92 Å². The highest BCUT2D eigenvalue weighted by atomic mass is 35.5. The van der Waals surface area contributed by atoms with E-state index in [-0.39, 0.29) is 17.9 Å².